The molecule has 0 spiro atoms. The van der Waals surface area contributed by atoms with Crippen molar-refractivity contribution in [3.8, 4) is 5.75 Å². The molecule has 0 heterocycles. The third kappa shape index (κ3) is 3.51. The van der Waals surface area contributed by atoms with E-state index in [1.54, 1.807) is 0 Å². The third-order valence-electron chi connectivity index (χ3n) is 2.03. The second-order valence-electron chi connectivity index (χ2n) is 3.15. The molecule has 0 aliphatic heterocycles. The smallest absolute Gasteiger partial charge is 0.387 e. The van der Waals surface area contributed by atoms with Crippen LogP contribution in [-0.4, -0.2) is 17.7 Å². The molecule has 0 unspecified atom stereocenters. The molecular formula is C11H9F3O3. The summed E-state index contributed by atoms with van der Waals surface area (Å²) in [7, 11) is 0. The van der Waals surface area contributed by atoms with Crippen LogP contribution in [-0.2, 0) is 4.79 Å². The molecule has 0 aromatic heterocycles. The molecule has 1 aromatic carbocycles. The summed E-state index contributed by atoms with van der Waals surface area (Å²) in [5.74, 6) is -3.03. The van der Waals surface area contributed by atoms with Gasteiger partial charge in [-0.05, 0) is 30.2 Å². The van der Waals surface area contributed by atoms with Crippen LogP contribution in [0.15, 0.2) is 30.1 Å². The van der Waals surface area contributed by atoms with Gasteiger partial charge in [0.2, 0.25) is 5.83 Å². The lowest BCUT2D eigenvalue weighted by molar-refractivity contribution is -0.134. The average Bonchev–Trinajstić information content (AvgIpc) is 2.27. The van der Waals surface area contributed by atoms with Gasteiger partial charge in [0, 0.05) is 0 Å². The van der Waals surface area contributed by atoms with Crippen LogP contribution in [0.4, 0.5) is 13.2 Å². The Morgan fingerprint density at radius 2 is 1.82 bits per heavy atom. The van der Waals surface area contributed by atoms with Crippen molar-refractivity contribution < 1.29 is 27.8 Å². The van der Waals surface area contributed by atoms with Crippen molar-refractivity contribution in [1.29, 1.82) is 0 Å². The van der Waals surface area contributed by atoms with E-state index in [1.807, 2.05) is 0 Å². The van der Waals surface area contributed by atoms with Crippen LogP contribution in [0.1, 0.15) is 12.5 Å². The van der Waals surface area contributed by atoms with Crippen molar-refractivity contribution in [2.45, 2.75) is 13.5 Å². The van der Waals surface area contributed by atoms with E-state index in [-0.39, 0.29) is 16.9 Å². The molecule has 0 bridgehead atoms. The maximum Gasteiger partial charge on any atom is 0.387 e. The summed E-state index contributed by atoms with van der Waals surface area (Å²) in [6, 6.07) is 5.02. The number of aliphatic carboxylic acids is 1. The number of benzene rings is 1. The number of ether oxygens (including phenoxy) is 1. The number of carboxylic acid groups (broad SMARTS) is 1. The second-order valence-corrected chi connectivity index (χ2v) is 3.15. The van der Waals surface area contributed by atoms with Crippen molar-refractivity contribution in [2.24, 2.45) is 0 Å². The number of alkyl halides is 2. The van der Waals surface area contributed by atoms with Crippen molar-refractivity contribution in [3.05, 3.63) is 35.7 Å². The predicted molar refractivity (Wildman–Crippen MR) is 54.4 cm³/mol. The van der Waals surface area contributed by atoms with E-state index in [0.29, 0.717) is 0 Å². The Bertz CT molecular complexity index is 438. The first-order chi connectivity index (χ1) is 7.91. The van der Waals surface area contributed by atoms with Gasteiger partial charge in [-0.3, -0.25) is 0 Å². The summed E-state index contributed by atoms with van der Waals surface area (Å²) < 4.78 is 40.8. The average molecular weight is 246 g/mol. The summed E-state index contributed by atoms with van der Waals surface area (Å²) in [5, 5.41) is 8.43. The number of carboxylic acids is 1. The van der Waals surface area contributed by atoms with Gasteiger partial charge in [-0.25, -0.2) is 4.79 Å². The van der Waals surface area contributed by atoms with Gasteiger partial charge in [0.15, 0.2) is 0 Å². The molecule has 0 saturated carbocycles. The van der Waals surface area contributed by atoms with Crippen molar-refractivity contribution >= 4 is 11.5 Å². The minimum atomic E-state index is -2.94. The molecule has 1 N–H and O–H groups in total. The first kappa shape index (κ1) is 13.1. The lowest BCUT2D eigenvalue weighted by atomic mass is 10.1. The van der Waals surface area contributed by atoms with Crippen molar-refractivity contribution in [3.63, 3.8) is 0 Å². The van der Waals surface area contributed by atoms with E-state index in [1.165, 1.54) is 31.2 Å². The number of allylic oxidation sites excluding steroid dienone is 1. The van der Waals surface area contributed by atoms with Crippen LogP contribution in [0.5, 0.6) is 5.75 Å². The number of carbonyl (C=O) groups is 1. The van der Waals surface area contributed by atoms with Gasteiger partial charge in [0.1, 0.15) is 5.75 Å². The first-order valence-electron chi connectivity index (χ1n) is 4.56. The van der Waals surface area contributed by atoms with Gasteiger partial charge in [0.05, 0.1) is 0 Å². The molecule has 0 amide bonds. The van der Waals surface area contributed by atoms with E-state index >= 15 is 0 Å². The van der Waals surface area contributed by atoms with Gasteiger partial charge < -0.3 is 9.84 Å². The number of rotatable bonds is 4. The molecule has 6 heteroatoms. The van der Waals surface area contributed by atoms with E-state index in [9.17, 15) is 18.0 Å². The molecule has 0 aliphatic rings. The molecule has 92 valence electrons. The minimum absolute atomic E-state index is 0.0766. The van der Waals surface area contributed by atoms with E-state index < -0.39 is 18.4 Å². The summed E-state index contributed by atoms with van der Waals surface area (Å²) in [4.78, 5) is 10.4. The van der Waals surface area contributed by atoms with E-state index in [2.05, 4.69) is 4.74 Å². The Balaban J connectivity index is 2.95. The molecule has 0 radical (unpaired) electrons. The van der Waals surface area contributed by atoms with E-state index in [4.69, 9.17) is 5.11 Å². The van der Waals surface area contributed by atoms with Crippen LogP contribution >= 0.6 is 0 Å². The van der Waals surface area contributed by atoms with E-state index in [0.717, 1.165) is 0 Å². The topological polar surface area (TPSA) is 46.5 Å². The standard InChI is InChI=1S/C11H9F3O3/c1-6(9(12)10(15)16)7-2-4-8(5-3-7)17-11(13)14/h2-5,11H,1H3,(H,15,16). The quantitative estimate of drug-likeness (QED) is 0.830. The maximum absolute atomic E-state index is 13.0. The fourth-order valence-electron chi connectivity index (χ4n) is 1.17. The molecular weight excluding hydrogens is 237 g/mol. The zero-order chi connectivity index (χ0) is 13.0. The van der Waals surface area contributed by atoms with Crippen molar-refractivity contribution in [1.82, 2.24) is 0 Å². The molecule has 3 nitrogen and oxygen atoms in total. The van der Waals surface area contributed by atoms with Crippen LogP contribution in [0.25, 0.3) is 5.57 Å². The van der Waals surface area contributed by atoms with Crippen LogP contribution < -0.4 is 4.74 Å². The Labute approximate surface area is 95.1 Å². The lowest BCUT2D eigenvalue weighted by Crippen LogP contribution is -2.02. The SMILES string of the molecule is CC(=C(F)C(=O)O)c1ccc(OC(F)F)cc1. The fraction of sp³-hybridized carbons (Fsp3) is 0.182. The highest BCUT2D eigenvalue weighted by Crippen LogP contribution is 2.22. The number of hydrogen-bond donors (Lipinski definition) is 1. The molecule has 1 rings (SSSR count). The second kappa shape index (κ2) is 5.38. The Morgan fingerprint density at radius 1 is 1.29 bits per heavy atom. The first-order valence-corrected chi connectivity index (χ1v) is 4.56. The van der Waals surface area contributed by atoms with Crippen LogP contribution in [0.3, 0.4) is 0 Å². The number of halogens is 3. The summed E-state index contributed by atoms with van der Waals surface area (Å²) in [6.45, 7) is -1.65. The highest BCUT2D eigenvalue weighted by molar-refractivity contribution is 5.93. The monoisotopic (exact) mass is 246 g/mol. The van der Waals surface area contributed by atoms with Gasteiger partial charge >= 0.3 is 12.6 Å². The largest absolute Gasteiger partial charge is 0.476 e. The summed E-state index contributed by atoms with van der Waals surface area (Å²) in [6.07, 6.45) is 0. The minimum Gasteiger partial charge on any atom is -0.476 e. The highest BCUT2D eigenvalue weighted by atomic mass is 19.3. The Kier molecular flexibility index (Phi) is 4.14. The maximum atomic E-state index is 13.0. The summed E-state index contributed by atoms with van der Waals surface area (Å²) in [5.41, 5.74) is 0.201. The molecule has 17 heavy (non-hydrogen) atoms. The third-order valence-corrected chi connectivity index (χ3v) is 2.03. The molecule has 0 fully saturated rings. The predicted octanol–water partition coefficient (Wildman–Crippen LogP) is 3.07. The molecule has 0 saturated heterocycles. The van der Waals surface area contributed by atoms with Gasteiger partial charge in [-0.1, -0.05) is 12.1 Å². The highest BCUT2D eigenvalue weighted by Gasteiger charge is 2.12. The molecule has 0 aliphatic carbocycles. The fourth-order valence-corrected chi connectivity index (χ4v) is 1.17. The summed E-state index contributed by atoms with van der Waals surface area (Å²) >= 11 is 0. The zero-order valence-electron chi connectivity index (χ0n) is 8.78. The Morgan fingerprint density at radius 3 is 2.24 bits per heavy atom. The Hall–Kier alpha value is -1.98. The number of hydrogen-bond acceptors (Lipinski definition) is 2. The lowest BCUT2D eigenvalue weighted by Gasteiger charge is -2.06. The zero-order valence-corrected chi connectivity index (χ0v) is 8.78. The van der Waals surface area contributed by atoms with Gasteiger partial charge in [-0.2, -0.15) is 13.2 Å². The normalized spacial score (nSPS) is 12.3. The van der Waals surface area contributed by atoms with Crippen LogP contribution in [0.2, 0.25) is 0 Å². The van der Waals surface area contributed by atoms with Gasteiger partial charge in [-0.15, -0.1) is 0 Å². The van der Waals surface area contributed by atoms with Crippen molar-refractivity contribution in [2.75, 3.05) is 0 Å². The molecule has 0 atom stereocenters. The molecule has 1 aromatic rings. The van der Waals surface area contributed by atoms with Crippen LogP contribution in [0, 0.1) is 0 Å². The van der Waals surface area contributed by atoms with Gasteiger partial charge in [0.25, 0.3) is 0 Å².